The van der Waals surface area contributed by atoms with Gasteiger partial charge in [0.1, 0.15) is 17.5 Å². The zero-order valence-electron chi connectivity index (χ0n) is 13.2. The molecule has 0 unspecified atom stereocenters. The number of rotatable bonds is 7. The van der Waals surface area contributed by atoms with E-state index in [-0.39, 0.29) is 19.1 Å². The number of halogens is 1. The van der Waals surface area contributed by atoms with Crippen LogP contribution >= 0.6 is 11.6 Å². The first kappa shape index (κ1) is 17.3. The third-order valence-electron chi connectivity index (χ3n) is 3.37. The van der Waals surface area contributed by atoms with E-state index in [1.807, 2.05) is 25.1 Å². The van der Waals surface area contributed by atoms with Crippen molar-refractivity contribution < 1.29 is 14.6 Å². The number of carbonyl (C=O) groups is 1. The smallest absolute Gasteiger partial charge is 0.256 e. The summed E-state index contributed by atoms with van der Waals surface area (Å²) in [4.78, 5) is 12.4. The Labute approximate surface area is 140 Å². The highest BCUT2D eigenvalue weighted by Gasteiger charge is 2.20. The van der Waals surface area contributed by atoms with E-state index in [2.05, 4.69) is 10.4 Å². The van der Waals surface area contributed by atoms with Crippen LogP contribution in [0.5, 0.6) is 5.75 Å². The lowest BCUT2D eigenvalue weighted by molar-refractivity contribution is 0.0949. The lowest BCUT2D eigenvalue weighted by atomic mass is 10.1. The molecule has 0 aliphatic carbocycles. The number of amides is 1. The molecule has 7 heteroatoms. The number of benzene rings is 1. The quantitative estimate of drug-likeness (QED) is 0.809. The molecule has 0 saturated heterocycles. The normalized spacial score (nSPS) is 10.6. The first-order valence-corrected chi connectivity index (χ1v) is 7.77. The van der Waals surface area contributed by atoms with Gasteiger partial charge >= 0.3 is 0 Å². The monoisotopic (exact) mass is 337 g/mol. The second-order valence-corrected chi connectivity index (χ2v) is 5.31. The van der Waals surface area contributed by atoms with Crippen LogP contribution in [0.2, 0.25) is 5.15 Å². The van der Waals surface area contributed by atoms with E-state index in [9.17, 15) is 4.79 Å². The van der Waals surface area contributed by atoms with Gasteiger partial charge in [0.2, 0.25) is 0 Å². The number of hydrogen-bond acceptors (Lipinski definition) is 4. The van der Waals surface area contributed by atoms with Crippen LogP contribution in [0.3, 0.4) is 0 Å². The van der Waals surface area contributed by atoms with E-state index in [1.54, 1.807) is 13.1 Å². The molecule has 0 aliphatic heterocycles. The van der Waals surface area contributed by atoms with Gasteiger partial charge in [0.15, 0.2) is 0 Å². The van der Waals surface area contributed by atoms with Crippen molar-refractivity contribution in [1.29, 1.82) is 0 Å². The van der Waals surface area contributed by atoms with Gasteiger partial charge in [0.25, 0.3) is 5.91 Å². The molecule has 0 bridgehead atoms. The molecule has 1 heterocycles. The fourth-order valence-corrected chi connectivity index (χ4v) is 2.47. The van der Waals surface area contributed by atoms with Crippen LogP contribution in [-0.4, -0.2) is 34.0 Å². The van der Waals surface area contributed by atoms with Gasteiger partial charge in [-0.15, -0.1) is 0 Å². The van der Waals surface area contributed by atoms with Gasteiger partial charge in [0.05, 0.1) is 17.9 Å². The number of nitrogens with one attached hydrogen (secondary N) is 1. The lowest BCUT2D eigenvalue weighted by Crippen LogP contribution is -2.24. The molecule has 124 valence electrons. The minimum Gasteiger partial charge on any atom is -0.491 e. The summed E-state index contributed by atoms with van der Waals surface area (Å²) in [6, 6.07) is 7.36. The third kappa shape index (κ3) is 4.03. The third-order valence-corrected chi connectivity index (χ3v) is 3.81. The number of aromatic nitrogens is 2. The van der Waals surface area contributed by atoms with Crippen LogP contribution in [0.1, 0.15) is 28.5 Å². The van der Waals surface area contributed by atoms with E-state index in [1.165, 1.54) is 4.68 Å². The molecule has 1 aromatic heterocycles. The van der Waals surface area contributed by atoms with Gasteiger partial charge in [-0.1, -0.05) is 36.7 Å². The SMILES string of the molecule is CCc1nn(C)c(Cl)c1C(=O)NCc1ccccc1OCCO. The highest BCUT2D eigenvalue weighted by molar-refractivity contribution is 6.33. The molecule has 0 saturated carbocycles. The Balaban J connectivity index is 2.11. The number of aryl methyl sites for hydroxylation is 2. The van der Waals surface area contributed by atoms with Gasteiger partial charge in [-0.2, -0.15) is 5.10 Å². The summed E-state index contributed by atoms with van der Waals surface area (Å²) in [5, 5.41) is 16.3. The maximum atomic E-state index is 12.4. The molecule has 0 fully saturated rings. The van der Waals surface area contributed by atoms with Crippen molar-refractivity contribution in [2.24, 2.45) is 7.05 Å². The Morgan fingerprint density at radius 2 is 2.17 bits per heavy atom. The maximum Gasteiger partial charge on any atom is 0.256 e. The van der Waals surface area contributed by atoms with Crippen LogP contribution in [0.15, 0.2) is 24.3 Å². The van der Waals surface area contributed by atoms with Crippen LogP contribution in [-0.2, 0) is 20.0 Å². The zero-order valence-corrected chi connectivity index (χ0v) is 13.9. The largest absolute Gasteiger partial charge is 0.491 e. The highest BCUT2D eigenvalue weighted by atomic mass is 35.5. The van der Waals surface area contributed by atoms with Crippen molar-refractivity contribution in [1.82, 2.24) is 15.1 Å². The average molecular weight is 338 g/mol. The second-order valence-electron chi connectivity index (χ2n) is 4.95. The van der Waals surface area contributed by atoms with Crippen LogP contribution in [0.4, 0.5) is 0 Å². The molecule has 6 nitrogen and oxygen atoms in total. The number of para-hydroxylation sites is 1. The van der Waals surface area contributed by atoms with E-state index in [0.29, 0.717) is 35.1 Å². The molecule has 2 N–H and O–H groups in total. The van der Waals surface area contributed by atoms with Crippen LogP contribution < -0.4 is 10.1 Å². The Morgan fingerprint density at radius 3 is 2.87 bits per heavy atom. The topological polar surface area (TPSA) is 76.4 Å². The van der Waals surface area contributed by atoms with E-state index in [4.69, 9.17) is 21.4 Å². The maximum absolute atomic E-state index is 12.4. The van der Waals surface area contributed by atoms with E-state index < -0.39 is 0 Å². The number of ether oxygens (including phenoxy) is 1. The molecular weight excluding hydrogens is 318 g/mol. The number of hydrogen-bond donors (Lipinski definition) is 2. The first-order chi connectivity index (χ1) is 11.1. The van der Waals surface area contributed by atoms with Crippen molar-refractivity contribution in [3.63, 3.8) is 0 Å². The lowest BCUT2D eigenvalue weighted by Gasteiger charge is -2.11. The molecule has 1 aromatic carbocycles. The summed E-state index contributed by atoms with van der Waals surface area (Å²) in [5.41, 5.74) is 1.90. The van der Waals surface area contributed by atoms with Crippen LogP contribution in [0.25, 0.3) is 0 Å². The number of aliphatic hydroxyl groups is 1. The average Bonchev–Trinajstić information content (AvgIpc) is 2.86. The molecule has 2 aromatic rings. The minimum absolute atomic E-state index is 0.0636. The first-order valence-electron chi connectivity index (χ1n) is 7.39. The van der Waals surface area contributed by atoms with Gasteiger partial charge in [-0.3, -0.25) is 9.48 Å². The van der Waals surface area contributed by atoms with Gasteiger partial charge in [-0.25, -0.2) is 0 Å². The summed E-state index contributed by atoms with van der Waals surface area (Å²) in [5.74, 6) is 0.367. The molecule has 0 atom stereocenters. The van der Waals surface area contributed by atoms with Gasteiger partial charge < -0.3 is 15.2 Å². The predicted molar refractivity (Wildman–Crippen MR) is 87.8 cm³/mol. The Bertz CT molecular complexity index is 685. The van der Waals surface area contributed by atoms with Crippen molar-refractivity contribution in [2.75, 3.05) is 13.2 Å². The summed E-state index contributed by atoms with van der Waals surface area (Å²) in [6.07, 6.45) is 0.625. The number of aliphatic hydroxyl groups excluding tert-OH is 1. The number of nitrogens with zero attached hydrogens (tertiary/aromatic N) is 2. The standard InChI is InChI=1S/C16H20ClN3O3/c1-3-12-14(15(17)20(2)19-12)16(22)18-10-11-6-4-5-7-13(11)23-9-8-21/h4-7,21H,3,8-10H2,1-2H3,(H,18,22). The highest BCUT2D eigenvalue weighted by Crippen LogP contribution is 2.21. The fourth-order valence-electron chi connectivity index (χ4n) is 2.24. The Morgan fingerprint density at radius 1 is 1.43 bits per heavy atom. The minimum atomic E-state index is -0.267. The molecule has 2 rings (SSSR count). The molecule has 0 aliphatic rings. The molecule has 0 radical (unpaired) electrons. The fraction of sp³-hybridized carbons (Fsp3) is 0.375. The predicted octanol–water partition coefficient (Wildman–Crippen LogP) is 1.94. The van der Waals surface area contributed by atoms with Crippen LogP contribution in [0, 0.1) is 0 Å². The molecule has 0 spiro atoms. The summed E-state index contributed by atoms with van der Waals surface area (Å²) >= 11 is 6.16. The zero-order chi connectivity index (χ0) is 16.8. The Hall–Kier alpha value is -2.05. The summed E-state index contributed by atoms with van der Waals surface area (Å²) in [7, 11) is 1.70. The van der Waals surface area contributed by atoms with Crippen molar-refractivity contribution in [2.45, 2.75) is 19.9 Å². The van der Waals surface area contributed by atoms with Crippen molar-refractivity contribution in [3.8, 4) is 5.75 Å². The number of carbonyl (C=O) groups excluding carboxylic acids is 1. The van der Waals surface area contributed by atoms with Crippen molar-refractivity contribution >= 4 is 17.5 Å². The summed E-state index contributed by atoms with van der Waals surface area (Å²) in [6.45, 7) is 2.37. The van der Waals surface area contributed by atoms with Gasteiger partial charge in [0, 0.05) is 19.2 Å². The molecular formula is C16H20ClN3O3. The Kier molecular flexibility index (Phi) is 6.01. The van der Waals surface area contributed by atoms with Gasteiger partial charge in [-0.05, 0) is 12.5 Å². The molecule has 23 heavy (non-hydrogen) atoms. The van der Waals surface area contributed by atoms with Crippen molar-refractivity contribution in [3.05, 3.63) is 46.2 Å². The van der Waals surface area contributed by atoms with E-state index >= 15 is 0 Å². The molecule has 1 amide bonds. The van der Waals surface area contributed by atoms with E-state index in [0.717, 1.165) is 5.56 Å². The second kappa shape index (κ2) is 7.99. The summed E-state index contributed by atoms with van der Waals surface area (Å²) < 4.78 is 6.95.